The van der Waals surface area contributed by atoms with E-state index in [0.29, 0.717) is 12.2 Å². The number of esters is 1. The molecule has 0 aliphatic carbocycles. The Balaban J connectivity index is 2.74. The highest BCUT2D eigenvalue weighted by molar-refractivity contribution is 6.03. The van der Waals surface area contributed by atoms with Crippen molar-refractivity contribution in [1.82, 2.24) is 14.8 Å². The molecule has 2 aromatic rings. The Kier molecular flexibility index (Phi) is 3.55. The number of carbonyl (C=O) groups excluding carboxylic acids is 1. The van der Waals surface area contributed by atoms with Crippen molar-refractivity contribution >= 4 is 17.0 Å². The Morgan fingerprint density at radius 3 is 2.68 bits per heavy atom. The molecule has 2 aromatic heterocycles. The number of rotatable bonds is 3. The lowest BCUT2D eigenvalue weighted by Crippen LogP contribution is -2.08. The predicted octanol–water partition coefficient (Wildman–Crippen LogP) is 2.81. The normalized spacial score (nSPS) is 11.3. The van der Waals surface area contributed by atoms with Crippen LogP contribution in [0.15, 0.2) is 6.07 Å². The predicted molar refractivity (Wildman–Crippen MR) is 73.3 cm³/mol. The van der Waals surface area contributed by atoms with Crippen molar-refractivity contribution in [2.45, 2.75) is 40.7 Å². The Hall–Kier alpha value is -1.91. The van der Waals surface area contributed by atoms with Gasteiger partial charge in [-0.25, -0.2) is 14.5 Å². The number of nitrogens with zero attached hydrogens (tertiary/aromatic N) is 3. The van der Waals surface area contributed by atoms with Crippen LogP contribution >= 0.6 is 0 Å². The molecule has 2 rings (SSSR count). The van der Waals surface area contributed by atoms with Gasteiger partial charge in [-0.1, -0.05) is 0 Å². The lowest BCUT2D eigenvalue weighted by molar-refractivity contribution is 0.0528. The van der Waals surface area contributed by atoms with Gasteiger partial charge in [0.1, 0.15) is 0 Å². The van der Waals surface area contributed by atoms with Gasteiger partial charge in [0.2, 0.25) is 0 Å². The van der Waals surface area contributed by atoms with Crippen molar-refractivity contribution < 1.29 is 9.53 Å². The van der Waals surface area contributed by atoms with E-state index in [-0.39, 0.29) is 12.0 Å². The standard InChI is InChI=1S/C14H19N3O2/c1-6-19-14(18)11-7-9(4)15-13-12(11)10(5)16-17(13)8(2)3/h7-8H,6H2,1-5H3. The van der Waals surface area contributed by atoms with E-state index in [4.69, 9.17) is 4.74 Å². The SMILES string of the molecule is CCOC(=O)c1cc(C)nc2c1c(C)nn2C(C)C. The Bertz CT molecular complexity index is 629. The molecule has 0 aromatic carbocycles. The summed E-state index contributed by atoms with van der Waals surface area (Å²) in [6, 6.07) is 1.96. The number of aromatic nitrogens is 3. The van der Waals surface area contributed by atoms with Gasteiger partial charge in [-0.15, -0.1) is 0 Å². The van der Waals surface area contributed by atoms with Crippen LogP contribution in [0, 0.1) is 13.8 Å². The maximum Gasteiger partial charge on any atom is 0.339 e. The average molecular weight is 261 g/mol. The van der Waals surface area contributed by atoms with Crippen LogP contribution in [-0.2, 0) is 4.74 Å². The summed E-state index contributed by atoms with van der Waals surface area (Å²) < 4.78 is 6.96. The third-order valence-electron chi connectivity index (χ3n) is 2.95. The molecular weight excluding hydrogens is 242 g/mol. The van der Waals surface area contributed by atoms with Crippen molar-refractivity contribution in [3.8, 4) is 0 Å². The maximum absolute atomic E-state index is 12.1. The first-order chi connectivity index (χ1) is 8.95. The number of aryl methyl sites for hydroxylation is 2. The summed E-state index contributed by atoms with van der Waals surface area (Å²) in [5.74, 6) is -0.315. The van der Waals surface area contributed by atoms with E-state index in [1.807, 2.05) is 32.4 Å². The topological polar surface area (TPSA) is 57.0 Å². The van der Waals surface area contributed by atoms with Crippen molar-refractivity contribution in [1.29, 1.82) is 0 Å². The van der Waals surface area contributed by atoms with Gasteiger partial charge in [0.25, 0.3) is 0 Å². The number of carbonyl (C=O) groups is 1. The molecule has 0 fully saturated rings. The first kappa shape index (κ1) is 13.5. The summed E-state index contributed by atoms with van der Waals surface area (Å²) in [6.45, 7) is 10.0. The van der Waals surface area contributed by atoms with E-state index >= 15 is 0 Å². The van der Waals surface area contributed by atoms with Crippen molar-refractivity contribution in [3.63, 3.8) is 0 Å². The molecule has 5 nitrogen and oxygen atoms in total. The fourth-order valence-electron chi connectivity index (χ4n) is 2.17. The zero-order chi connectivity index (χ0) is 14.2. The Morgan fingerprint density at radius 2 is 2.11 bits per heavy atom. The van der Waals surface area contributed by atoms with E-state index in [2.05, 4.69) is 10.1 Å². The van der Waals surface area contributed by atoms with Crippen LogP contribution in [0.3, 0.4) is 0 Å². The van der Waals surface area contributed by atoms with Gasteiger partial charge in [0.15, 0.2) is 5.65 Å². The monoisotopic (exact) mass is 261 g/mol. The van der Waals surface area contributed by atoms with Crippen molar-refractivity contribution in [2.75, 3.05) is 6.61 Å². The van der Waals surface area contributed by atoms with Crippen LogP contribution in [0.1, 0.15) is 48.6 Å². The third kappa shape index (κ3) is 2.32. The van der Waals surface area contributed by atoms with Crippen LogP contribution in [0.5, 0.6) is 0 Å². The Labute approximate surface area is 112 Å². The van der Waals surface area contributed by atoms with Crippen LogP contribution in [0.2, 0.25) is 0 Å². The molecule has 0 saturated carbocycles. The van der Waals surface area contributed by atoms with Crippen molar-refractivity contribution in [3.05, 3.63) is 23.0 Å². The van der Waals surface area contributed by atoms with E-state index in [0.717, 1.165) is 22.4 Å². The lowest BCUT2D eigenvalue weighted by atomic mass is 10.1. The van der Waals surface area contributed by atoms with Crippen molar-refractivity contribution in [2.24, 2.45) is 0 Å². The number of pyridine rings is 1. The van der Waals surface area contributed by atoms with Gasteiger partial charge < -0.3 is 4.74 Å². The summed E-state index contributed by atoms with van der Waals surface area (Å²) in [6.07, 6.45) is 0. The van der Waals surface area contributed by atoms with Gasteiger partial charge >= 0.3 is 5.97 Å². The minimum absolute atomic E-state index is 0.195. The van der Waals surface area contributed by atoms with Gasteiger partial charge in [-0.3, -0.25) is 0 Å². The van der Waals surface area contributed by atoms with E-state index < -0.39 is 0 Å². The van der Waals surface area contributed by atoms with Gasteiger partial charge in [0, 0.05) is 11.7 Å². The highest BCUT2D eigenvalue weighted by Crippen LogP contribution is 2.25. The summed E-state index contributed by atoms with van der Waals surface area (Å²) >= 11 is 0. The minimum atomic E-state index is -0.315. The zero-order valence-electron chi connectivity index (χ0n) is 12.0. The Morgan fingerprint density at radius 1 is 1.42 bits per heavy atom. The molecule has 19 heavy (non-hydrogen) atoms. The first-order valence-corrected chi connectivity index (χ1v) is 6.49. The minimum Gasteiger partial charge on any atom is -0.462 e. The number of hydrogen-bond donors (Lipinski definition) is 0. The van der Waals surface area contributed by atoms with Crippen LogP contribution in [0.4, 0.5) is 0 Å². The summed E-state index contributed by atoms with van der Waals surface area (Å²) in [7, 11) is 0. The van der Waals surface area contributed by atoms with Crippen LogP contribution in [0.25, 0.3) is 11.0 Å². The molecule has 0 atom stereocenters. The second-order valence-corrected chi connectivity index (χ2v) is 4.85. The lowest BCUT2D eigenvalue weighted by Gasteiger charge is -2.08. The fraction of sp³-hybridized carbons (Fsp3) is 0.500. The zero-order valence-corrected chi connectivity index (χ0v) is 12.0. The van der Waals surface area contributed by atoms with Gasteiger partial charge in [0.05, 0.1) is 23.3 Å². The quantitative estimate of drug-likeness (QED) is 0.797. The number of fused-ring (bicyclic) bond motifs is 1. The van der Waals surface area contributed by atoms with Crippen LogP contribution < -0.4 is 0 Å². The smallest absolute Gasteiger partial charge is 0.339 e. The van der Waals surface area contributed by atoms with E-state index in [1.165, 1.54) is 0 Å². The summed E-state index contributed by atoms with van der Waals surface area (Å²) in [5.41, 5.74) is 2.89. The fourth-order valence-corrected chi connectivity index (χ4v) is 2.17. The maximum atomic E-state index is 12.1. The van der Waals surface area contributed by atoms with E-state index in [1.54, 1.807) is 13.0 Å². The van der Waals surface area contributed by atoms with Gasteiger partial charge in [-0.05, 0) is 40.7 Å². The summed E-state index contributed by atoms with van der Waals surface area (Å²) in [4.78, 5) is 16.6. The second kappa shape index (κ2) is 4.99. The second-order valence-electron chi connectivity index (χ2n) is 4.85. The molecule has 5 heteroatoms. The van der Waals surface area contributed by atoms with E-state index in [9.17, 15) is 4.79 Å². The molecule has 2 heterocycles. The molecule has 0 spiro atoms. The molecule has 0 saturated heterocycles. The van der Waals surface area contributed by atoms with Gasteiger partial charge in [-0.2, -0.15) is 5.10 Å². The third-order valence-corrected chi connectivity index (χ3v) is 2.95. The molecule has 0 bridgehead atoms. The molecule has 102 valence electrons. The molecule has 0 aliphatic heterocycles. The molecule has 0 aliphatic rings. The summed E-state index contributed by atoms with van der Waals surface area (Å²) in [5, 5.41) is 5.27. The molecule has 0 N–H and O–H groups in total. The first-order valence-electron chi connectivity index (χ1n) is 6.49. The number of ether oxygens (including phenoxy) is 1. The molecule has 0 unspecified atom stereocenters. The molecular formula is C14H19N3O2. The average Bonchev–Trinajstić information content (AvgIpc) is 2.66. The highest BCUT2D eigenvalue weighted by atomic mass is 16.5. The molecule has 0 amide bonds. The largest absolute Gasteiger partial charge is 0.462 e. The number of hydrogen-bond acceptors (Lipinski definition) is 4. The molecule has 0 radical (unpaired) electrons. The van der Waals surface area contributed by atoms with Crippen LogP contribution in [-0.4, -0.2) is 27.3 Å². The highest BCUT2D eigenvalue weighted by Gasteiger charge is 2.20.